The lowest BCUT2D eigenvalue weighted by Crippen LogP contribution is -2.41. The fourth-order valence-electron chi connectivity index (χ4n) is 2.20. The summed E-state index contributed by atoms with van der Waals surface area (Å²) in [6.45, 7) is 2.33. The van der Waals surface area contributed by atoms with E-state index in [0.717, 1.165) is 6.42 Å². The second-order valence-corrected chi connectivity index (χ2v) is 5.24. The molecule has 0 unspecified atom stereocenters. The molecule has 0 aromatic heterocycles. The molecule has 8 heteroatoms. The van der Waals surface area contributed by atoms with Crippen molar-refractivity contribution in [3.8, 4) is 0 Å². The highest BCUT2D eigenvalue weighted by Crippen LogP contribution is 2.22. The molecule has 1 aromatic rings. The highest BCUT2D eigenvalue weighted by Gasteiger charge is 2.20. The number of esters is 1. The number of nitrogens with zero attached hydrogens (tertiary/aromatic N) is 1. The molecule has 0 fully saturated rings. The summed E-state index contributed by atoms with van der Waals surface area (Å²) in [6.07, 6.45) is 1.97. The Bertz CT molecular complexity index is 577. The molecule has 0 aliphatic rings. The normalized spacial score (nSPS) is 11.4. The average molecular weight is 337 g/mol. The van der Waals surface area contributed by atoms with Crippen LogP contribution < -0.4 is 10.6 Å². The standard InChI is InChI=1S/C16H23N3O5/c1-3-7-13(16(21)24-2)18-15(20)10-6-11-17-12-8-4-5-9-14(12)19(22)23/h4-5,8-9,13,17H,3,6-7,10-11H2,1-2H3,(H,18,20)/t13-/m0/s1. The molecule has 0 radical (unpaired) electrons. The summed E-state index contributed by atoms with van der Waals surface area (Å²) in [5.74, 6) is -0.702. The van der Waals surface area contributed by atoms with Crippen molar-refractivity contribution in [1.82, 2.24) is 5.32 Å². The molecule has 0 aliphatic heterocycles. The molecule has 8 nitrogen and oxygen atoms in total. The van der Waals surface area contributed by atoms with Gasteiger partial charge in [-0.3, -0.25) is 14.9 Å². The number of anilines is 1. The smallest absolute Gasteiger partial charge is 0.328 e. The van der Waals surface area contributed by atoms with Crippen molar-refractivity contribution in [2.75, 3.05) is 19.0 Å². The number of ether oxygens (including phenoxy) is 1. The molecule has 0 aliphatic carbocycles. The van der Waals surface area contributed by atoms with Crippen LogP contribution >= 0.6 is 0 Å². The van der Waals surface area contributed by atoms with Crippen LogP contribution in [0.1, 0.15) is 32.6 Å². The summed E-state index contributed by atoms with van der Waals surface area (Å²) in [4.78, 5) is 33.9. The van der Waals surface area contributed by atoms with Gasteiger partial charge >= 0.3 is 5.97 Å². The van der Waals surface area contributed by atoms with Crippen molar-refractivity contribution in [2.24, 2.45) is 0 Å². The van der Waals surface area contributed by atoms with Gasteiger partial charge in [0.05, 0.1) is 12.0 Å². The first-order valence-electron chi connectivity index (χ1n) is 7.84. The predicted molar refractivity (Wildman–Crippen MR) is 89.7 cm³/mol. The lowest BCUT2D eigenvalue weighted by atomic mass is 10.1. The number of hydrogen-bond acceptors (Lipinski definition) is 6. The van der Waals surface area contributed by atoms with Crippen molar-refractivity contribution in [3.63, 3.8) is 0 Å². The molecule has 1 atom stereocenters. The third-order valence-corrected chi connectivity index (χ3v) is 3.40. The minimum atomic E-state index is -0.629. The third kappa shape index (κ3) is 6.23. The Balaban J connectivity index is 2.41. The Hall–Kier alpha value is -2.64. The first kappa shape index (κ1) is 19.4. The molecule has 24 heavy (non-hydrogen) atoms. The molecular formula is C16H23N3O5. The minimum absolute atomic E-state index is 0.00403. The van der Waals surface area contributed by atoms with Gasteiger partial charge in [-0.25, -0.2) is 4.79 Å². The summed E-state index contributed by atoms with van der Waals surface area (Å²) < 4.78 is 4.66. The maximum Gasteiger partial charge on any atom is 0.328 e. The van der Waals surface area contributed by atoms with Gasteiger partial charge in [0.15, 0.2) is 0 Å². The van der Waals surface area contributed by atoms with E-state index in [9.17, 15) is 19.7 Å². The van der Waals surface area contributed by atoms with E-state index in [0.29, 0.717) is 25.1 Å². The van der Waals surface area contributed by atoms with Gasteiger partial charge < -0.3 is 15.4 Å². The SMILES string of the molecule is CCC[C@H](NC(=O)CCCNc1ccccc1[N+](=O)[O-])C(=O)OC. The largest absolute Gasteiger partial charge is 0.467 e. The lowest BCUT2D eigenvalue weighted by molar-refractivity contribution is -0.384. The zero-order valence-electron chi connectivity index (χ0n) is 13.9. The number of para-hydroxylation sites is 2. The number of nitrogens with one attached hydrogen (secondary N) is 2. The van der Waals surface area contributed by atoms with Gasteiger partial charge in [-0.15, -0.1) is 0 Å². The van der Waals surface area contributed by atoms with Crippen molar-refractivity contribution >= 4 is 23.3 Å². The molecule has 0 bridgehead atoms. The molecule has 1 amide bonds. The van der Waals surface area contributed by atoms with Gasteiger partial charge in [0.2, 0.25) is 5.91 Å². The highest BCUT2D eigenvalue weighted by atomic mass is 16.6. The maximum absolute atomic E-state index is 11.9. The van der Waals surface area contributed by atoms with Gasteiger partial charge in [0.1, 0.15) is 11.7 Å². The minimum Gasteiger partial charge on any atom is -0.467 e. The van der Waals surface area contributed by atoms with Crippen LogP contribution in [0.2, 0.25) is 0 Å². The van der Waals surface area contributed by atoms with Crippen molar-refractivity contribution in [2.45, 2.75) is 38.6 Å². The van der Waals surface area contributed by atoms with E-state index in [2.05, 4.69) is 15.4 Å². The van der Waals surface area contributed by atoms with Gasteiger partial charge in [0, 0.05) is 19.0 Å². The molecule has 132 valence electrons. The van der Waals surface area contributed by atoms with E-state index in [1.165, 1.54) is 13.2 Å². The van der Waals surface area contributed by atoms with E-state index in [1.54, 1.807) is 18.2 Å². The number of rotatable bonds is 10. The Morgan fingerprint density at radius 1 is 1.33 bits per heavy atom. The number of nitro groups is 1. The summed E-state index contributed by atoms with van der Waals surface area (Å²) in [6, 6.07) is 5.70. The fraction of sp³-hybridized carbons (Fsp3) is 0.500. The number of amides is 1. The van der Waals surface area contributed by atoms with E-state index in [-0.39, 0.29) is 18.0 Å². The van der Waals surface area contributed by atoms with Crippen molar-refractivity contribution in [3.05, 3.63) is 34.4 Å². The fourth-order valence-corrected chi connectivity index (χ4v) is 2.20. The monoisotopic (exact) mass is 337 g/mol. The maximum atomic E-state index is 11.9. The second kappa shape index (κ2) is 10.2. The van der Waals surface area contributed by atoms with E-state index in [1.807, 2.05) is 6.92 Å². The first-order chi connectivity index (χ1) is 11.5. The number of carbonyl (C=O) groups excluding carboxylic acids is 2. The highest BCUT2D eigenvalue weighted by molar-refractivity contribution is 5.84. The summed E-state index contributed by atoms with van der Waals surface area (Å²) >= 11 is 0. The average Bonchev–Trinajstić information content (AvgIpc) is 2.57. The zero-order valence-corrected chi connectivity index (χ0v) is 13.9. The number of carbonyl (C=O) groups is 2. The number of benzene rings is 1. The third-order valence-electron chi connectivity index (χ3n) is 3.40. The van der Waals surface area contributed by atoms with Crippen molar-refractivity contribution < 1.29 is 19.2 Å². The van der Waals surface area contributed by atoms with Crippen LogP contribution in [0.3, 0.4) is 0 Å². The van der Waals surface area contributed by atoms with Gasteiger partial charge in [-0.1, -0.05) is 25.5 Å². The lowest BCUT2D eigenvalue weighted by Gasteiger charge is -2.15. The van der Waals surface area contributed by atoms with E-state index >= 15 is 0 Å². The van der Waals surface area contributed by atoms with E-state index < -0.39 is 16.9 Å². The topological polar surface area (TPSA) is 111 Å². The van der Waals surface area contributed by atoms with Gasteiger partial charge in [0.25, 0.3) is 5.69 Å². The van der Waals surface area contributed by atoms with Crippen LogP contribution in [0, 0.1) is 10.1 Å². The second-order valence-electron chi connectivity index (χ2n) is 5.24. The molecular weight excluding hydrogens is 314 g/mol. The molecule has 1 rings (SSSR count). The Morgan fingerprint density at radius 2 is 2.04 bits per heavy atom. The number of methoxy groups -OCH3 is 1. The molecule has 1 aromatic carbocycles. The zero-order chi connectivity index (χ0) is 17.9. The van der Waals surface area contributed by atoms with Gasteiger partial charge in [-0.2, -0.15) is 0 Å². The van der Waals surface area contributed by atoms with Crippen LogP contribution in [0.25, 0.3) is 0 Å². The van der Waals surface area contributed by atoms with Crippen molar-refractivity contribution in [1.29, 1.82) is 0 Å². The number of nitro benzene ring substituents is 1. The van der Waals surface area contributed by atoms with Gasteiger partial charge in [-0.05, 0) is 18.9 Å². The Kier molecular flexibility index (Phi) is 8.24. The van der Waals surface area contributed by atoms with Crippen LogP contribution in [0.5, 0.6) is 0 Å². The summed E-state index contributed by atoms with van der Waals surface area (Å²) in [5, 5.41) is 16.5. The predicted octanol–water partition coefficient (Wildman–Crippen LogP) is 2.24. The molecule has 0 spiro atoms. The molecule has 2 N–H and O–H groups in total. The Labute approximate surface area is 140 Å². The molecule has 0 heterocycles. The molecule has 0 saturated carbocycles. The quantitative estimate of drug-likeness (QED) is 0.293. The number of hydrogen-bond donors (Lipinski definition) is 2. The van der Waals surface area contributed by atoms with Crippen LogP contribution in [0.15, 0.2) is 24.3 Å². The first-order valence-corrected chi connectivity index (χ1v) is 7.84. The van der Waals surface area contributed by atoms with E-state index in [4.69, 9.17) is 0 Å². The molecule has 0 saturated heterocycles. The summed E-state index contributed by atoms with van der Waals surface area (Å²) in [7, 11) is 1.29. The van der Waals surface area contributed by atoms with Crippen LogP contribution in [-0.4, -0.2) is 36.5 Å². The Morgan fingerprint density at radius 3 is 2.67 bits per heavy atom. The summed E-state index contributed by atoms with van der Waals surface area (Å²) in [5.41, 5.74) is 0.414. The van der Waals surface area contributed by atoms with Crippen LogP contribution in [-0.2, 0) is 14.3 Å². The van der Waals surface area contributed by atoms with Crippen LogP contribution in [0.4, 0.5) is 11.4 Å².